The first-order chi connectivity index (χ1) is 9.99. The van der Waals surface area contributed by atoms with Crippen molar-refractivity contribution < 1.29 is 4.92 Å². The molecule has 2 aromatic rings. The Morgan fingerprint density at radius 3 is 2.43 bits per heavy atom. The van der Waals surface area contributed by atoms with E-state index in [1.54, 1.807) is 13.0 Å². The average Bonchev–Trinajstić information content (AvgIpc) is 2.46. The molecule has 0 saturated carbocycles. The van der Waals surface area contributed by atoms with E-state index in [-0.39, 0.29) is 10.6 Å². The molecule has 4 heteroatoms. The van der Waals surface area contributed by atoms with Crippen molar-refractivity contribution in [1.29, 1.82) is 0 Å². The minimum atomic E-state index is -0.333. The third-order valence-electron chi connectivity index (χ3n) is 3.71. The van der Waals surface area contributed by atoms with Gasteiger partial charge >= 0.3 is 0 Å². The van der Waals surface area contributed by atoms with Crippen LogP contribution in [-0.4, -0.2) is 11.5 Å². The highest BCUT2D eigenvalue weighted by atomic mass is 16.6. The fraction of sp³-hybridized carbons (Fsp3) is 0.294. The summed E-state index contributed by atoms with van der Waals surface area (Å²) < 4.78 is 0. The van der Waals surface area contributed by atoms with Crippen LogP contribution in [0.25, 0.3) is 0 Å². The summed E-state index contributed by atoms with van der Waals surface area (Å²) in [5, 5.41) is 14.4. The fourth-order valence-electron chi connectivity index (χ4n) is 2.39. The van der Waals surface area contributed by atoms with Crippen LogP contribution in [0.15, 0.2) is 42.5 Å². The van der Waals surface area contributed by atoms with Crippen LogP contribution >= 0.6 is 0 Å². The van der Waals surface area contributed by atoms with Crippen molar-refractivity contribution >= 4 is 11.4 Å². The van der Waals surface area contributed by atoms with Crippen LogP contribution < -0.4 is 5.32 Å². The highest BCUT2D eigenvalue weighted by molar-refractivity contribution is 5.60. The van der Waals surface area contributed by atoms with E-state index in [0.717, 1.165) is 17.8 Å². The van der Waals surface area contributed by atoms with Crippen molar-refractivity contribution in [2.24, 2.45) is 0 Å². The van der Waals surface area contributed by atoms with Crippen molar-refractivity contribution in [1.82, 2.24) is 0 Å². The maximum atomic E-state index is 11.0. The van der Waals surface area contributed by atoms with Crippen LogP contribution in [-0.2, 0) is 0 Å². The number of nitrogens with zero attached hydrogens (tertiary/aromatic N) is 1. The molecule has 0 heterocycles. The predicted octanol–water partition coefficient (Wildman–Crippen LogP) is 4.43. The Balaban J connectivity index is 2.13. The Kier molecular flexibility index (Phi) is 4.58. The van der Waals surface area contributed by atoms with Gasteiger partial charge in [-0.1, -0.05) is 37.3 Å². The van der Waals surface area contributed by atoms with Crippen LogP contribution in [0.3, 0.4) is 0 Å². The zero-order chi connectivity index (χ0) is 15.4. The van der Waals surface area contributed by atoms with Gasteiger partial charge in [0.15, 0.2) is 0 Å². The average molecular weight is 284 g/mol. The summed E-state index contributed by atoms with van der Waals surface area (Å²) in [6.45, 7) is 6.61. The largest absolute Gasteiger partial charge is 0.384 e. The molecule has 0 saturated heterocycles. The van der Waals surface area contributed by atoms with Gasteiger partial charge in [0, 0.05) is 23.9 Å². The van der Waals surface area contributed by atoms with E-state index in [4.69, 9.17) is 0 Å². The number of nitrogens with one attached hydrogen (secondary N) is 1. The number of rotatable bonds is 5. The Morgan fingerprint density at radius 2 is 1.81 bits per heavy atom. The van der Waals surface area contributed by atoms with Crippen molar-refractivity contribution in [3.63, 3.8) is 0 Å². The lowest BCUT2D eigenvalue weighted by Crippen LogP contribution is -2.11. The van der Waals surface area contributed by atoms with E-state index in [0.29, 0.717) is 11.5 Å². The van der Waals surface area contributed by atoms with E-state index in [9.17, 15) is 10.1 Å². The third kappa shape index (κ3) is 3.60. The fourth-order valence-corrected chi connectivity index (χ4v) is 2.39. The van der Waals surface area contributed by atoms with Crippen LogP contribution in [0.4, 0.5) is 11.4 Å². The molecule has 0 fully saturated rings. The number of hydrogen-bond acceptors (Lipinski definition) is 3. The predicted molar refractivity (Wildman–Crippen MR) is 85.9 cm³/mol. The maximum absolute atomic E-state index is 11.0. The third-order valence-corrected chi connectivity index (χ3v) is 3.71. The monoisotopic (exact) mass is 284 g/mol. The number of nitro benzene ring substituents is 1. The lowest BCUT2D eigenvalue weighted by atomic mass is 10.0. The number of nitro groups is 1. The first-order valence-electron chi connectivity index (χ1n) is 7.03. The van der Waals surface area contributed by atoms with Crippen molar-refractivity contribution in [2.45, 2.75) is 26.7 Å². The molecule has 1 N–H and O–H groups in total. The second kappa shape index (κ2) is 6.39. The van der Waals surface area contributed by atoms with Crippen molar-refractivity contribution in [2.75, 3.05) is 11.9 Å². The van der Waals surface area contributed by atoms with Crippen molar-refractivity contribution in [3.05, 3.63) is 69.3 Å². The Hall–Kier alpha value is -2.36. The molecule has 0 spiro atoms. The lowest BCUT2D eigenvalue weighted by molar-refractivity contribution is -0.385. The van der Waals surface area contributed by atoms with Gasteiger partial charge in [0.25, 0.3) is 5.69 Å². The van der Waals surface area contributed by atoms with Gasteiger partial charge in [0.05, 0.1) is 4.92 Å². The summed E-state index contributed by atoms with van der Waals surface area (Å²) in [5.41, 5.74) is 3.97. The summed E-state index contributed by atoms with van der Waals surface area (Å²) in [4.78, 5) is 10.7. The van der Waals surface area contributed by atoms with E-state index in [1.807, 2.05) is 31.2 Å². The Bertz CT molecular complexity index is 639. The van der Waals surface area contributed by atoms with Gasteiger partial charge in [0.1, 0.15) is 0 Å². The summed E-state index contributed by atoms with van der Waals surface area (Å²) >= 11 is 0. The first kappa shape index (κ1) is 15.0. The molecule has 110 valence electrons. The molecule has 0 radical (unpaired) electrons. The molecular weight excluding hydrogens is 264 g/mol. The zero-order valence-corrected chi connectivity index (χ0v) is 12.6. The summed E-state index contributed by atoms with van der Waals surface area (Å²) in [6, 6.07) is 13.7. The molecule has 2 aromatic carbocycles. The van der Waals surface area contributed by atoms with Gasteiger partial charge in [0.2, 0.25) is 0 Å². The second-order valence-electron chi connectivity index (χ2n) is 5.40. The SMILES string of the molecule is Cc1cc(C)c([N+](=O)[O-])cc1NCC(C)c1ccccc1. The second-order valence-corrected chi connectivity index (χ2v) is 5.40. The first-order valence-corrected chi connectivity index (χ1v) is 7.03. The van der Waals surface area contributed by atoms with Crippen LogP contribution in [0.1, 0.15) is 29.5 Å². The minimum Gasteiger partial charge on any atom is -0.384 e. The smallest absolute Gasteiger partial charge is 0.274 e. The molecule has 0 amide bonds. The number of anilines is 1. The minimum absolute atomic E-state index is 0.162. The van der Waals surface area contributed by atoms with Gasteiger partial charge in [-0.05, 0) is 37.0 Å². The van der Waals surface area contributed by atoms with Crippen LogP contribution in [0.2, 0.25) is 0 Å². The van der Waals surface area contributed by atoms with Crippen LogP contribution in [0, 0.1) is 24.0 Å². The molecule has 0 aliphatic carbocycles. The quantitative estimate of drug-likeness (QED) is 0.653. The molecule has 1 unspecified atom stereocenters. The topological polar surface area (TPSA) is 55.2 Å². The molecule has 1 atom stereocenters. The Labute approximate surface area is 125 Å². The number of benzene rings is 2. The molecular formula is C17H20N2O2. The highest BCUT2D eigenvalue weighted by Gasteiger charge is 2.14. The van der Waals surface area contributed by atoms with Gasteiger partial charge in [-0.2, -0.15) is 0 Å². The lowest BCUT2D eigenvalue weighted by Gasteiger charge is -2.16. The molecule has 0 bridgehead atoms. The highest BCUT2D eigenvalue weighted by Crippen LogP contribution is 2.27. The van der Waals surface area contributed by atoms with E-state index < -0.39 is 0 Å². The van der Waals surface area contributed by atoms with Gasteiger partial charge in [-0.15, -0.1) is 0 Å². The van der Waals surface area contributed by atoms with E-state index in [2.05, 4.69) is 24.4 Å². The molecule has 2 rings (SSSR count). The number of aryl methyl sites for hydroxylation is 2. The standard InChI is InChI=1S/C17H20N2O2/c1-12-9-13(2)17(19(20)21)10-16(12)18-11-14(3)15-7-5-4-6-8-15/h4-10,14,18H,11H2,1-3H3. The maximum Gasteiger partial charge on any atom is 0.274 e. The molecule has 0 aliphatic heterocycles. The van der Waals surface area contributed by atoms with Crippen LogP contribution in [0.5, 0.6) is 0 Å². The molecule has 21 heavy (non-hydrogen) atoms. The normalized spacial score (nSPS) is 12.0. The summed E-state index contributed by atoms with van der Waals surface area (Å²) in [7, 11) is 0. The molecule has 4 nitrogen and oxygen atoms in total. The van der Waals surface area contributed by atoms with Gasteiger partial charge in [-0.25, -0.2) is 0 Å². The van der Waals surface area contributed by atoms with E-state index >= 15 is 0 Å². The summed E-state index contributed by atoms with van der Waals surface area (Å²) in [5.74, 6) is 0.339. The Morgan fingerprint density at radius 1 is 1.14 bits per heavy atom. The van der Waals surface area contributed by atoms with Gasteiger partial charge in [-0.3, -0.25) is 10.1 Å². The zero-order valence-electron chi connectivity index (χ0n) is 12.6. The molecule has 0 aromatic heterocycles. The number of hydrogen-bond donors (Lipinski definition) is 1. The molecule has 0 aliphatic rings. The van der Waals surface area contributed by atoms with E-state index in [1.165, 1.54) is 5.56 Å². The summed E-state index contributed by atoms with van der Waals surface area (Å²) in [6.07, 6.45) is 0. The van der Waals surface area contributed by atoms with Crippen molar-refractivity contribution in [3.8, 4) is 0 Å². The van der Waals surface area contributed by atoms with Gasteiger partial charge < -0.3 is 5.32 Å².